The molecule has 2 heterocycles. The van der Waals surface area contributed by atoms with E-state index >= 15 is 0 Å². The molecule has 3 nitrogen and oxygen atoms in total. The maximum atomic E-state index is 13.6. The van der Waals surface area contributed by atoms with Crippen LogP contribution in [0.2, 0.25) is 0 Å². The highest BCUT2D eigenvalue weighted by Gasteiger charge is 2.26. The molecule has 0 saturated carbocycles. The fraction of sp³-hybridized carbons (Fsp3) is 0.381. The predicted octanol–water partition coefficient (Wildman–Crippen LogP) is 3.58. The molecule has 2 aliphatic heterocycles. The number of fused-ring (bicyclic) bond motifs is 2. The maximum Gasteiger partial charge on any atom is 0.228 e. The van der Waals surface area contributed by atoms with Crippen LogP contribution in [0.15, 0.2) is 47.7 Å². The number of halogens is 1. The number of allylic oxidation sites excluding steroid dienone is 2. The van der Waals surface area contributed by atoms with Crippen molar-refractivity contribution >= 4 is 11.5 Å². The first-order valence-electron chi connectivity index (χ1n) is 9.07. The molecule has 0 atom stereocenters. The summed E-state index contributed by atoms with van der Waals surface area (Å²) in [5.41, 5.74) is 5.34. The fourth-order valence-electron chi connectivity index (χ4n) is 3.93. The van der Waals surface area contributed by atoms with Crippen LogP contribution < -0.4 is 5.32 Å². The number of carbonyl (C=O) groups is 1. The minimum Gasteiger partial charge on any atom is -0.329 e. The van der Waals surface area contributed by atoms with Crippen molar-refractivity contribution in [3.8, 4) is 0 Å². The molecular formula is C21H23FN2O. The van der Waals surface area contributed by atoms with Gasteiger partial charge in [0.2, 0.25) is 5.91 Å². The van der Waals surface area contributed by atoms with Crippen molar-refractivity contribution in [1.82, 2.24) is 10.2 Å². The van der Waals surface area contributed by atoms with Gasteiger partial charge in [-0.1, -0.05) is 24.3 Å². The lowest BCUT2D eigenvalue weighted by Gasteiger charge is -2.31. The zero-order valence-electron chi connectivity index (χ0n) is 14.4. The monoisotopic (exact) mass is 338 g/mol. The second kappa shape index (κ2) is 6.96. The van der Waals surface area contributed by atoms with Gasteiger partial charge in [-0.2, -0.15) is 0 Å². The van der Waals surface area contributed by atoms with Gasteiger partial charge in [0.05, 0.1) is 6.42 Å². The van der Waals surface area contributed by atoms with Crippen molar-refractivity contribution in [2.75, 3.05) is 19.6 Å². The minimum atomic E-state index is -0.281. The van der Waals surface area contributed by atoms with E-state index < -0.39 is 0 Å². The van der Waals surface area contributed by atoms with Gasteiger partial charge in [-0.3, -0.25) is 9.69 Å². The standard InChI is InChI=1S/C21H23FN2O/c22-17-7-8-18-16(11-17)12-21(25)23-20-9-10-24(14-19(18)20)13-15-5-3-1-2-4-6-15/h3,5-8,11H,1-2,4,9-10,12-14H2,(H,23,25). The van der Waals surface area contributed by atoms with E-state index in [9.17, 15) is 9.18 Å². The third-order valence-corrected chi connectivity index (χ3v) is 5.18. The van der Waals surface area contributed by atoms with Crippen LogP contribution in [0.4, 0.5) is 4.39 Å². The van der Waals surface area contributed by atoms with Gasteiger partial charge in [0.15, 0.2) is 0 Å². The summed E-state index contributed by atoms with van der Waals surface area (Å²) in [4.78, 5) is 14.6. The van der Waals surface area contributed by atoms with Gasteiger partial charge in [0.1, 0.15) is 5.82 Å². The van der Waals surface area contributed by atoms with Crippen molar-refractivity contribution in [1.29, 1.82) is 0 Å². The Morgan fingerprint density at radius 3 is 3.08 bits per heavy atom. The van der Waals surface area contributed by atoms with Gasteiger partial charge in [-0.05, 0) is 53.7 Å². The average molecular weight is 338 g/mol. The highest BCUT2D eigenvalue weighted by atomic mass is 19.1. The maximum absolute atomic E-state index is 13.6. The Balaban J connectivity index is 1.61. The van der Waals surface area contributed by atoms with Gasteiger partial charge in [-0.15, -0.1) is 0 Å². The molecule has 0 unspecified atom stereocenters. The summed E-state index contributed by atoms with van der Waals surface area (Å²) in [6.45, 7) is 2.65. The van der Waals surface area contributed by atoms with E-state index in [0.717, 1.165) is 61.3 Å². The van der Waals surface area contributed by atoms with Crippen LogP contribution in [-0.4, -0.2) is 30.4 Å². The van der Waals surface area contributed by atoms with E-state index in [2.05, 4.69) is 28.4 Å². The quantitative estimate of drug-likeness (QED) is 0.894. The summed E-state index contributed by atoms with van der Waals surface area (Å²) in [5, 5.41) is 3.04. The Bertz CT molecular complexity index is 791. The minimum absolute atomic E-state index is 0.0419. The molecular weight excluding hydrogens is 315 g/mol. The first-order valence-corrected chi connectivity index (χ1v) is 9.07. The molecule has 3 aliphatic rings. The number of benzene rings is 1. The van der Waals surface area contributed by atoms with Crippen molar-refractivity contribution in [2.45, 2.75) is 32.1 Å². The highest BCUT2D eigenvalue weighted by molar-refractivity contribution is 5.88. The summed E-state index contributed by atoms with van der Waals surface area (Å²) in [6.07, 6.45) is 11.4. The summed E-state index contributed by atoms with van der Waals surface area (Å²) < 4.78 is 13.6. The number of rotatable bonds is 2. The lowest BCUT2D eigenvalue weighted by atomic mass is 9.94. The van der Waals surface area contributed by atoms with Gasteiger partial charge < -0.3 is 5.32 Å². The molecule has 0 radical (unpaired) electrons. The van der Waals surface area contributed by atoms with Gasteiger partial charge in [0, 0.05) is 31.8 Å². The Morgan fingerprint density at radius 2 is 2.16 bits per heavy atom. The van der Waals surface area contributed by atoms with Crippen molar-refractivity contribution in [3.05, 3.63) is 64.6 Å². The molecule has 0 saturated heterocycles. The van der Waals surface area contributed by atoms with E-state index in [0.29, 0.717) is 0 Å². The Hall–Kier alpha value is -2.20. The topological polar surface area (TPSA) is 32.3 Å². The Labute approximate surface area is 147 Å². The fourth-order valence-corrected chi connectivity index (χ4v) is 3.93. The summed E-state index contributed by atoms with van der Waals surface area (Å²) >= 11 is 0. The molecule has 4 rings (SSSR count). The lowest BCUT2D eigenvalue weighted by molar-refractivity contribution is -0.119. The van der Waals surface area contributed by atoms with E-state index in [1.54, 1.807) is 0 Å². The van der Waals surface area contributed by atoms with Crippen molar-refractivity contribution in [2.24, 2.45) is 0 Å². The van der Waals surface area contributed by atoms with Crippen LogP contribution in [0.1, 0.15) is 36.8 Å². The normalized spacial score (nSPS) is 21.0. The van der Waals surface area contributed by atoms with E-state index in [1.165, 1.54) is 24.1 Å². The molecule has 1 aromatic rings. The van der Waals surface area contributed by atoms with E-state index in [-0.39, 0.29) is 18.1 Å². The van der Waals surface area contributed by atoms with E-state index in [4.69, 9.17) is 0 Å². The molecule has 0 aromatic heterocycles. The number of nitrogens with one attached hydrogen (secondary N) is 1. The lowest BCUT2D eigenvalue weighted by Crippen LogP contribution is -2.36. The molecule has 0 fully saturated rings. The van der Waals surface area contributed by atoms with Gasteiger partial charge in [-0.25, -0.2) is 4.39 Å². The summed E-state index contributed by atoms with van der Waals surface area (Å²) in [6, 6.07) is 4.82. The van der Waals surface area contributed by atoms with Crippen LogP contribution >= 0.6 is 0 Å². The Kier molecular flexibility index (Phi) is 4.53. The van der Waals surface area contributed by atoms with Crippen LogP contribution in [0.5, 0.6) is 0 Å². The Morgan fingerprint density at radius 1 is 1.24 bits per heavy atom. The average Bonchev–Trinajstić information content (AvgIpc) is 2.91. The first-order chi connectivity index (χ1) is 12.2. The van der Waals surface area contributed by atoms with Crippen molar-refractivity contribution in [3.63, 3.8) is 0 Å². The van der Waals surface area contributed by atoms with Crippen LogP contribution in [0, 0.1) is 5.82 Å². The molecule has 25 heavy (non-hydrogen) atoms. The molecule has 1 aliphatic carbocycles. The third-order valence-electron chi connectivity index (χ3n) is 5.18. The second-order valence-corrected chi connectivity index (χ2v) is 7.06. The molecule has 1 aromatic carbocycles. The van der Waals surface area contributed by atoms with Gasteiger partial charge >= 0.3 is 0 Å². The second-order valence-electron chi connectivity index (χ2n) is 7.06. The summed E-state index contributed by atoms with van der Waals surface area (Å²) in [5.74, 6) is -0.322. The van der Waals surface area contributed by atoms with E-state index in [1.807, 2.05) is 6.07 Å². The molecule has 4 heteroatoms. The number of hydrogen-bond donors (Lipinski definition) is 1. The summed E-state index contributed by atoms with van der Waals surface area (Å²) in [7, 11) is 0. The van der Waals surface area contributed by atoms with Crippen LogP contribution in [-0.2, 0) is 11.2 Å². The van der Waals surface area contributed by atoms with Crippen LogP contribution in [0.25, 0.3) is 5.57 Å². The number of nitrogens with zero attached hydrogens (tertiary/aromatic N) is 1. The molecule has 130 valence electrons. The molecule has 1 N–H and O–H groups in total. The predicted molar refractivity (Wildman–Crippen MR) is 97.3 cm³/mol. The molecule has 0 spiro atoms. The SMILES string of the molecule is O=C1Cc2cc(F)ccc2C2=C(CCN(CC3=CCCCC=C3)C2)N1. The first kappa shape index (κ1) is 16.3. The smallest absolute Gasteiger partial charge is 0.228 e. The molecule has 0 bridgehead atoms. The van der Waals surface area contributed by atoms with Crippen molar-refractivity contribution < 1.29 is 9.18 Å². The zero-order chi connectivity index (χ0) is 17.2. The number of hydrogen-bond acceptors (Lipinski definition) is 2. The largest absolute Gasteiger partial charge is 0.329 e. The highest BCUT2D eigenvalue weighted by Crippen LogP contribution is 2.31. The molecule has 1 amide bonds. The van der Waals surface area contributed by atoms with Gasteiger partial charge in [0.25, 0.3) is 0 Å². The number of amides is 1. The number of carbonyl (C=O) groups excluding carboxylic acids is 1. The third kappa shape index (κ3) is 3.59. The van der Waals surface area contributed by atoms with Crippen LogP contribution in [0.3, 0.4) is 0 Å². The zero-order valence-corrected chi connectivity index (χ0v) is 14.4.